The maximum atomic E-state index is 12.8. The van der Waals surface area contributed by atoms with Crippen LogP contribution in [0.25, 0.3) is 6.08 Å². The van der Waals surface area contributed by atoms with Crippen molar-refractivity contribution in [3.8, 4) is 5.75 Å². The molecule has 2 aromatic carbocycles. The van der Waals surface area contributed by atoms with Gasteiger partial charge in [-0.25, -0.2) is 4.79 Å². The van der Waals surface area contributed by atoms with Gasteiger partial charge in [0.15, 0.2) is 0 Å². The molecule has 1 N–H and O–H groups in total. The lowest BCUT2D eigenvalue weighted by atomic mass is 10.1. The van der Waals surface area contributed by atoms with E-state index >= 15 is 0 Å². The molecule has 0 bridgehead atoms. The zero-order chi connectivity index (χ0) is 20.3. The number of barbiturate groups is 1. The molecule has 0 unspecified atom stereocenters. The monoisotopic (exact) mass is 379 g/mol. The highest BCUT2D eigenvalue weighted by atomic mass is 16.5. The zero-order valence-electron chi connectivity index (χ0n) is 15.9. The molecule has 0 atom stereocenters. The Balaban J connectivity index is 1.84. The molecule has 7 nitrogen and oxygen atoms in total. The molecule has 0 aliphatic carbocycles. The minimum absolute atomic E-state index is 0.0544. The van der Waals surface area contributed by atoms with E-state index in [1.165, 1.54) is 6.08 Å². The van der Waals surface area contributed by atoms with Crippen LogP contribution in [0.3, 0.4) is 0 Å². The van der Waals surface area contributed by atoms with Crippen molar-refractivity contribution < 1.29 is 19.1 Å². The predicted octanol–water partition coefficient (Wildman–Crippen LogP) is 2.42. The number of hydrogen-bond donors (Lipinski definition) is 1. The third-order valence-corrected chi connectivity index (χ3v) is 4.41. The summed E-state index contributed by atoms with van der Waals surface area (Å²) in [6, 6.07) is 13.7. The maximum Gasteiger partial charge on any atom is 0.331 e. The van der Waals surface area contributed by atoms with Crippen LogP contribution in [-0.4, -0.2) is 44.0 Å². The molecule has 1 fully saturated rings. The minimum Gasteiger partial charge on any atom is -0.497 e. The number of rotatable bonds is 5. The summed E-state index contributed by atoms with van der Waals surface area (Å²) < 4.78 is 5.11. The van der Waals surface area contributed by atoms with Gasteiger partial charge in [-0.05, 0) is 41.5 Å². The molecule has 1 saturated heterocycles. The van der Waals surface area contributed by atoms with Gasteiger partial charge in [0.25, 0.3) is 11.8 Å². The summed E-state index contributed by atoms with van der Waals surface area (Å²) in [4.78, 5) is 40.1. The first kappa shape index (κ1) is 19.2. The van der Waals surface area contributed by atoms with Crippen molar-refractivity contribution in [1.82, 2.24) is 10.2 Å². The van der Waals surface area contributed by atoms with Crippen molar-refractivity contribution in [2.45, 2.75) is 6.54 Å². The number of imide groups is 2. The molecule has 7 heteroatoms. The first-order valence-corrected chi connectivity index (χ1v) is 8.68. The highest BCUT2D eigenvalue weighted by Crippen LogP contribution is 2.20. The van der Waals surface area contributed by atoms with Crippen molar-refractivity contribution in [2.24, 2.45) is 0 Å². The van der Waals surface area contributed by atoms with Crippen molar-refractivity contribution in [1.29, 1.82) is 0 Å². The van der Waals surface area contributed by atoms with E-state index in [4.69, 9.17) is 4.74 Å². The van der Waals surface area contributed by atoms with Crippen molar-refractivity contribution in [3.05, 3.63) is 65.2 Å². The Morgan fingerprint density at radius 1 is 1.00 bits per heavy atom. The largest absolute Gasteiger partial charge is 0.497 e. The molecule has 1 aliphatic heterocycles. The number of urea groups is 1. The number of nitrogens with one attached hydrogen (secondary N) is 1. The van der Waals surface area contributed by atoms with Gasteiger partial charge >= 0.3 is 6.03 Å². The second-order valence-corrected chi connectivity index (χ2v) is 6.54. The van der Waals surface area contributed by atoms with E-state index in [0.29, 0.717) is 11.3 Å². The summed E-state index contributed by atoms with van der Waals surface area (Å²) in [5, 5.41) is 2.23. The van der Waals surface area contributed by atoms with E-state index < -0.39 is 17.8 Å². The summed E-state index contributed by atoms with van der Waals surface area (Å²) in [6.45, 7) is 0.0544. The highest BCUT2D eigenvalue weighted by Gasteiger charge is 2.35. The number of methoxy groups -OCH3 is 1. The van der Waals surface area contributed by atoms with E-state index in [2.05, 4.69) is 5.32 Å². The quantitative estimate of drug-likeness (QED) is 0.638. The molecule has 2 aromatic rings. The van der Waals surface area contributed by atoms with Gasteiger partial charge in [0, 0.05) is 19.8 Å². The van der Waals surface area contributed by atoms with Crippen molar-refractivity contribution in [2.75, 3.05) is 26.1 Å². The molecule has 0 saturated carbocycles. The Labute approximate surface area is 163 Å². The molecule has 3 rings (SSSR count). The predicted molar refractivity (Wildman–Crippen MR) is 106 cm³/mol. The standard InChI is InChI=1S/C21H21N3O4/c1-23(2)16-8-4-14(5-9-16)12-18-19(25)22-21(27)24(20(18)26)13-15-6-10-17(28-3)11-7-15/h4-12H,13H2,1-3H3,(H,22,25,27)/b18-12+. The number of carbonyl (C=O) groups excluding carboxylic acids is 3. The lowest BCUT2D eigenvalue weighted by Gasteiger charge is -2.26. The van der Waals surface area contributed by atoms with Crippen LogP contribution in [0.5, 0.6) is 5.75 Å². The summed E-state index contributed by atoms with van der Waals surface area (Å²) in [5.74, 6) is -0.644. The molecule has 4 amide bonds. The smallest absolute Gasteiger partial charge is 0.331 e. The Morgan fingerprint density at radius 2 is 1.64 bits per heavy atom. The number of anilines is 1. The van der Waals surface area contributed by atoms with Crippen LogP contribution in [0, 0.1) is 0 Å². The second kappa shape index (κ2) is 7.96. The van der Waals surface area contributed by atoms with Crippen LogP contribution in [0.1, 0.15) is 11.1 Å². The van der Waals surface area contributed by atoms with Crippen molar-refractivity contribution >= 4 is 29.6 Å². The Hall–Kier alpha value is -3.61. The summed E-state index contributed by atoms with van der Waals surface area (Å²) in [5.41, 5.74) is 2.36. The van der Waals surface area contributed by atoms with Crippen LogP contribution in [-0.2, 0) is 16.1 Å². The molecule has 1 heterocycles. The molecule has 0 spiro atoms. The average Bonchev–Trinajstić information content (AvgIpc) is 2.69. The number of ether oxygens (including phenoxy) is 1. The minimum atomic E-state index is -0.731. The fraction of sp³-hybridized carbons (Fsp3) is 0.190. The Morgan fingerprint density at radius 3 is 2.21 bits per heavy atom. The normalized spacial score (nSPS) is 15.6. The lowest BCUT2D eigenvalue weighted by molar-refractivity contribution is -0.130. The van der Waals surface area contributed by atoms with Gasteiger partial charge < -0.3 is 9.64 Å². The second-order valence-electron chi connectivity index (χ2n) is 6.54. The van der Waals surface area contributed by atoms with Gasteiger partial charge in [0.1, 0.15) is 11.3 Å². The first-order valence-electron chi connectivity index (χ1n) is 8.68. The number of nitrogens with zero attached hydrogens (tertiary/aromatic N) is 2. The van der Waals surface area contributed by atoms with Crippen LogP contribution >= 0.6 is 0 Å². The number of carbonyl (C=O) groups is 3. The molecular weight excluding hydrogens is 358 g/mol. The van der Waals surface area contributed by atoms with Crippen LogP contribution in [0.4, 0.5) is 10.5 Å². The zero-order valence-corrected chi connectivity index (χ0v) is 15.9. The molecule has 28 heavy (non-hydrogen) atoms. The van der Waals surface area contributed by atoms with E-state index in [0.717, 1.165) is 16.2 Å². The van der Waals surface area contributed by atoms with Crippen LogP contribution in [0.15, 0.2) is 54.1 Å². The molecule has 1 aliphatic rings. The number of hydrogen-bond acceptors (Lipinski definition) is 5. The van der Waals surface area contributed by atoms with E-state index in [-0.39, 0.29) is 12.1 Å². The first-order chi connectivity index (χ1) is 13.4. The van der Waals surface area contributed by atoms with Gasteiger partial charge in [0.2, 0.25) is 0 Å². The summed E-state index contributed by atoms with van der Waals surface area (Å²) >= 11 is 0. The third-order valence-electron chi connectivity index (χ3n) is 4.41. The van der Waals surface area contributed by atoms with E-state index in [1.807, 2.05) is 43.3 Å². The third kappa shape index (κ3) is 4.03. The number of benzene rings is 2. The van der Waals surface area contributed by atoms with E-state index in [1.54, 1.807) is 31.4 Å². The fourth-order valence-corrected chi connectivity index (χ4v) is 2.79. The maximum absolute atomic E-state index is 12.8. The molecule has 0 aromatic heterocycles. The lowest BCUT2D eigenvalue weighted by Crippen LogP contribution is -2.53. The van der Waals surface area contributed by atoms with Gasteiger partial charge in [-0.1, -0.05) is 24.3 Å². The van der Waals surface area contributed by atoms with Gasteiger partial charge in [0.05, 0.1) is 13.7 Å². The van der Waals surface area contributed by atoms with Crippen LogP contribution < -0.4 is 15.0 Å². The van der Waals surface area contributed by atoms with E-state index in [9.17, 15) is 14.4 Å². The fourth-order valence-electron chi connectivity index (χ4n) is 2.79. The average molecular weight is 379 g/mol. The number of amides is 4. The topological polar surface area (TPSA) is 79.0 Å². The van der Waals surface area contributed by atoms with Gasteiger partial charge in [-0.15, -0.1) is 0 Å². The van der Waals surface area contributed by atoms with Crippen molar-refractivity contribution in [3.63, 3.8) is 0 Å². The molecule has 144 valence electrons. The molecule has 0 radical (unpaired) electrons. The summed E-state index contributed by atoms with van der Waals surface area (Å²) in [6.07, 6.45) is 1.49. The van der Waals surface area contributed by atoms with Crippen LogP contribution in [0.2, 0.25) is 0 Å². The Kier molecular flexibility index (Phi) is 5.44. The Bertz CT molecular complexity index is 931. The van der Waals surface area contributed by atoms with Gasteiger partial charge in [-0.2, -0.15) is 0 Å². The van der Waals surface area contributed by atoms with Gasteiger partial charge in [-0.3, -0.25) is 19.8 Å². The molecular formula is C21H21N3O4. The highest BCUT2D eigenvalue weighted by molar-refractivity contribution is 6.30. The SMILES string of the molecule is COc1ccc(CN2C(=O)NC(=O)/C(=C\c3ccc(N(C)C)cc3)C2=O)cc1. The summed E-state index contributed by atoms with van der Waals surface area (Å²) in [7, 11) is 5.41.